The molecule has 0 bridgehead atoms. The molecule has 1 aromatic heterocycles. The van der Waals surface area contributed by atoms with Crippen LogP contribution in [-0.2, 0) is 29.6 Å². The molecule has 0 fully saturated rings. The summed E-state index contributed by atoms with van der Waals surface area (Å²) in [6.45, 7) is 8.33. The molecular formula is C20H25NOS. The molecule has 0 spiro atoms. The Morgan fingerprint density at radius 1 is 1.17 bits per heavy atom. The van der Waals surface area contributed by atoms with Crippen LogP contribution in [0.25, 0.3) is 0 Å². The lowest BCUT2D eigenvalue weighted by Crippen LogP contribution is -2.35. The fourth-order valence-electron chi connectivity index (χ4n) is 3.04. The standard InChI is InChI=1S/C20H25NOS/c1-20(2,3)17-7-4-15(5-8-17)6-9-19(22)21-12-10-18-16(14-21)11-13-23-18/h4-5,7-8,11,13H,6,9-10,12,14H2,1-3H3. The number of nitrogens with zero attached hydrogens (tertiary/aromatic N) is 1. The van der Waals surface area contributed by atoms with E-state index in [4.69, 9.17) is 0 Å². The molecule has 2 aromatic rings. The summed E-state index contributed by atoms with van der Waals surface area (Å²) in [7, 11) is 0. The largest absolute Gasteiger partial charge is 0.338 e. The molecule has 2 heterocycles. The van der Waals surface area contributed by atoms with E-state index in [2.05, 4.69) is 56.5 Å². The van der Waals surface area contributed by atoms with Crippen LogP contribution in [0, 0.1) is 0 Å². The first-order chi connectivity index (χ1) is 10.9. The first-order valence-electron chi connectivity index (χ1n) is 8.36. The Labute approximate surface area is 143 Å². The van der Waals surface area contributed by atoms with Crippen molar-refractivity contribution in [2.24, 2.45) is 0 Å². The van der Waals surface area contributed by atoms with Gasteiger partial charge >= 0.3 is 0 Å². The third-order valence-corrected chi connectivity index (χ3v) is 5.63. The third kappa shape index (κ3) is 3.84. The fraction of sp³-hybridized carbons (Fsp3) is 0.450. The first kappa shape index (κ1) is 16.3. The van der Waals surface area contributed by atoms with Crippen molar-refractivity contribution in [1.82, 2.24) is 4.90 Å². The Kier molecular flexibility index (Phi) is 4.58. The van der Waals surface area contributed by atoms with Gasteiger partial charge in [0.05, 0.1) is 0 Å². The van der Waals surface area contributed by atoms with E-state index in [-0.39, 0.29) is 11.3 Å². The zero-order chi connectivity index (χ0) is 16.4. The summed E-state index contributed by atoms with van der Waals surface area (Å²) in [5.74, 6) is 0.279. The molecule has 23 heavy (non-hydrogen) atoms. The molecule has 0 unspecified atom stereocenters. The molecule has 3 heteroatoms. The van der Waals surface area contributed by atoms with Gasteiger partial charge in [-0.2, -0.15) is 0 Å². The van der Waals surface area contributed by atoms with Crippen molar-refractivity contribution in [1.29, 1.82) is 0 Å². The van der Waals surface area contributed by atoms with E-state index < -0.39 is 0 Å². The van der Waals surface area contributed by atoms with E-state index in [0.29, 0.717) is 6.42 Å². The summed E-state index contributed by atoms with van der Waals surface area (Å²) in [5, 5.41) is 2.13. The minimum atomic E-state index is 0.181. The number of hydrogen-bond acceptors (Lipinski definition) is 2. The van der Waals surface area contributed by atoms with Crippen molar-refractivity contribution in [3.05, 3.63) is 57.3 Å². The number of carbonyl (C=O) groups excluding carboxylic acids is 1. The van der Waals surface area contributed by atoms with Crippen LogP contribution in [0.4, 0.5) is 0 Å². The number of rotatable bonds is 3. The van der Waals surface area contributed by atoms with Crippen LogP contribution in [0.2, 0.25) is 0 Å². The molecule has 0 aliphatic carbocycles. The highest BCUT2D eigenvalue weighted by Gasteiger charge is 2.21. The molecular weight excluding hydrogens is 302 g/mol. The predicted molar refractivity (Wildman–Crippen MR) is 96.9 cm³/mol. The van der Waals surface area contributed by atoms with Crippen molar-refractivity contribution < 1.29 is 4.79 Å². The molecule has 3 rings (SSSR count). The Balaban J connectivity index is 1.55. The molecule has 0 saturated carbocycles. The number of carbonyl (C=O) groups is 1. The minimum absolute atomic E-state index is 0.181. The molecule has 1 aromatic carbocycles. The normalized spacial score (nSPS) is 14.7. The van der Waals surface area contributed by atoms with Crippen molar-refractivity contribution in [3.63, 3.8) is 0 Å². The zero-order valence-corrected chi connectivity index (χ0v) is 15.1. The second-order valence-corrected chi connectivity index (χ2v) is 8.38. The van der Waals surface area contributed by atoms with Crippen molar-refractivity contribution in [2.45, 2.75) is 52.0 Å². The Morgan fingerprint density at radius 2 is 1.91 bits per heavy atom. The van der Waals surface area contributed by atoms with Crippen molar-refractivity contribution in [2.75, 3.05) is 6.54 Å². The molecule has 2 nitrogen and oxygen atoms in total. The van der Waals surface area contributed by atoms with Gasteiger partial charge in [0.25, 0.3) is 0 Å². The maximum atomic E-state index is 12.5. The molecule has 0 atom stereocenters. The number of aryl methyl sites for hydroxylation is 1. The topological polar surface area (TPSA) is 20.3 Å². The number of benzene rings is 1. The second-order valence-electron chi connectivity index (χ2n) is 7.38. The minimum Gasteiger partial charge on any atom is -0.338 e. The zero-order valence-electron chi connectivity index (χ0n) is 14.3. The average Bonchev–Trinajstić information content (AvgIpc) is 2.99. The highest BCUT2D eigenvalue weighted by Crippen LogP contribution is 2.25. The van der Waals surface area contributed by atoms with Crippen LogP contribution in [0.3, 0.4) is 0 Å². The lowest BCUT2D eigenvalue weighted by Gasteiger charge is -2.27. The van der Waals surface area contributed by atoms with Crippen LogP contribution in [-0.4, -0.2) is 17.4 Å². The summed E-state index contributed by atoms with van der Waals surface area (Å²) in [4.78, 5) is 15.9. The van der Waals surface area contributed by atoms with Crippen molar-refractivity contribution in [3.8, 4) is 0 Å². The van der Waals surface area contributed by atoms with Gasteiger partial charge in [0.15, 0.2) is 0 Å². The summed E-state index contributed by atoms with van der Waals surface area (Å²) in [5.41, 5.74) is 4.11. The first-order valence-corrected chi connectivity index (χ1v) is 9.24. The summed E-state index contributed by atoms with van der Waals surface area (Å²) in [6.07, 6.45) is 2.45. The van der Waals surface area contributed by atoms with Gasteiger partial charge in [-0.25, -0.2) is 0 Å². The maximum absolute atomic E-state index is 12.5. The Hall–Kier alpha value is -1.61. The monoisotopic (exact) mass is 327 g/mol. The third-order valence-electron chi connectivity index (χ3n) is 4.61. The predicted octanol–water partition coefficient (Wildman–Crippen LogP) is 4.56. The fourth-order valence-corrected chi connectivity index (χ4v) is 3.93. The van der Waals surface area contributed by atoms with Gasteiger partial charge < -0.3 is 4.90 Å². The van der Waals surface area contributed by atoms with E-state index in [1.54, 1.807) is 0 Å². The van der Waals surface area contributed by atoms with Crippen molar-refractivity contribution >= 4 is 17.2 Å². The Morgan fingerprint density at radius 3 is 2.61 bits per heavy atom. The lowest BCUT2D eigenvalue weighted by atomic mass is 9.86. The Bertz CT molecular complexity index is 678. The van der Waals surface area contributed by atoms with Crippen LogP contribution in [0.1, 0.15) is 48.8 Å². The molecule has 0 radical (unpaired) electrons. The van der Waals surface area contributed by atoms with Crippen LogP contribution in [0.15, 0.2) is 35.7 Å². The van der Waals surface area contributed by atoms with E-state index in [1.165, 1.54) is 21.6 Å². The highest BCUT2D eigenvalue weighted by molar-refractivity contribution is 7.10. The van der Waals surface area contributed by atoms with Gasteiger partial charge in [0, 0.05) is 24.4 Å². The SMILES string of the molecule is CC(C)(C)c1ccc(CCC(=O)N2CCc3sccc3C2)cc1. The van der Waals surface area contributed by atoms with Gasteiger partial charge in [0.1, 0.15) is 0 Å². The van der Waals surface area contributed by atoms with E-state index in [1.807, 2.05) is 16.2 Å². The summed E-state index contributed by atoms with van der Waals surface area (Å²) >= 11 is 1.81. The van der Waals surface area contributed by atoms with Gasteiger partial charge in [-0.15, -0.1) is 11.3 Å². The van der Waals surface area contributed by atoms with Crippen LogP contribution >= 0.6 is 11.3 Å². The van der Waals surface area contributed by atoms with Crippen LogP contribution in [0.5, 0.6) is 0 Å². The molecule has 0 saturated heterocycles. The van der Waals surface area contributed by atoms with E-state index in [9.17, 15) is 4.79 Å². The summed E-state index contributed by atoms with van der Waals surface area (Å²) < 4.78 is 0. The van der Waals surface area contributed by atoms with Gasteiger partial charge in [-0.05, 0) is 46.4 Å². The second kappa shape index (κ2) is 6.48. The van der Waals surface area contributed by atoms with Gasteiger partial charge in [-0.1, -0.05) is 45.0 Å². The number of hydrogen-bond donors (Lipinski definition) is 0. The molecule has 1 aliphatic rings. The lowest BCUT2D eigenvalue weighted by molar-refractivity contribution is -0.132. The molecule has 0 N–H and O–H groups in total. The maximum Gasteiger partial charge on any atom is 0.223 e. The quantitative estimate of drug-likeness (QED) is 0.809. The van der Waals surface area contributed by atoms with E-state index >= 15 is 0 Å². The number of thiophene rings is 1. The summed E-state index contributed by atoms with van der Waals surface area (Å²) in [6, 6.07) is 10.9. The number of fused-ring (bicyclic) bond motifs is 1. The molecule has 122 valence electrons. The molecule has 1 aliphatic heterocycles. The van der Waals surface area contributed by atoms with E-state index in [0.717, 1.165) is 25.9 Å². The smallest absolute Gasteiger partial charge is 0.223 e. The molecule has 1 amide bonds. The highest BCUT2D eigenvalue weighted by atomic mass is 32.1. The number of amides is 1. The van der Waals surface area contributed by atoms with Gasteiger partial charge in [-0.3, -0.25) is 4.79 Å². The van der Waals surface area contributed by atoms with Crippen LogP contribution < -0.4 is 0 Å². The van der Waals surface area contributed by atoms with Gasteiger partial charge in [0.2, 0.25) is 5.91 Å². The average molecular weight is 327 g/mol.